The zero-order valence-electron chi connectivity index (χ0n) is 8.60. The molecule has 80 valence electrons. The molecule has 4 heteroatoms. The highest BCUT2D eigenvalue weighted by Crippen LogP contribution is 2.30. The van der Waals surface area contributed by atoms with Crippen LogP contribution in [0.2, 0.25) is 0 Å². The standard InChI is InChI=1S/C11H15N3O/c12-8-11(15)14-7-3-5-10(14)9-4-1-2-6-13-9/h1-2,4,6,10H,3,5,7-8,12H2. The Kier molecular flexibility index (Phi) is 2.97. The molecule has 2 rings (SSSR count). The number of nitrogens with two attached hydrogens (primary N) is 1. The second kappa shape index (κ2) is 4.40. The lowest BCUT2D eigenvalue weighted by molar-refractivity contribution is -0.130. The Labute approximate surface area is 89.1 Å². The molecule has 1 amide bonds. The van der Waals surface area contributed by atoms with E-state index in [0.717, 1.165) is 25.1 Å². The van der Waals surface area contributed by atoms with Crippen molar-refractivity contribution in [1.29, 1.82) is 0 Å². The van der Waals surface area contributed by atoms with Crippen LogP contribution in [-0.2, 0) is 4.79 Å². The van der Waals surface area contributed by atoms with E-state index in [4.69, 9.17) is 5.73 Å². The Morgan fingerprint density at radius 1 is 1.60 bits per heavy atom. The summed E-state index contributed by atoms with van der Waals surface area (Å²) in [4.78, 5) is 17.7. The van der Waals surface area contributed by atoms with Crippen LogP contribution in [0.25, 0.3) is 0 Å². The van der Waals surface area contributed by atoms with Gasteiger partial charge in [-0.05, 0) is 25.0 Å². The van der Waals surface area contributed by atoms with Crippen molar-refractivity contribution in [2.75, 3.05) is 13.1 Å². The number of carbonyl (C=O) groups is 1. The van der Waals surface area contributed by atoms with E-state index >= 15 is 0 Å². The Morgan fingerprint density at radius 2 is 2.47 bits per heavy atom. The summed E-state index contributed by atoms with van der Waals surface area (Å²) < 4.78 is 0. The first-order valence-corrected chi connectivity index (χ1v) is 5.23. The monoisotopic (exact) mass is 205 g/mol. The second-order valence-electron chi connectivity index (χ2n) is 3.70. The molecule has 0 saturated carbocycles. The van der Waals surface area contributed by atoms with Crippen LogP contribution in [0.5, 0.6) is 0 Å². The van der Waals surface area contributed by atoms with E-state index in [2.05, 4.69) is 4.98 Å². The van der Waals surface area contributed by atoms with Gasteiger partial charge in [-0.2, -0.15) is 0 Å². The maximum atomic E-state index is 11.6. The topological polar surface area (TPSA) is 59.2 Å². The van der Waals surface area contributed by atoms with E-state index in [0.29, 0.717) is 0 Å². The number of likely N-dealkylation sites (tertiary alicyclic amines) is 1. The molecule has 1 unspecified atom stereocenters. The summed E-state index contributed by atoms with van der Waals surface area (Å²) in [6.07, 6.45) is 3.79. The van der Waals surface area contributed by atoms with E-state index in [1.54, 1.807) is 6.20 Å². The molecule has 4 nitrogen and oxygen atoms in total. The van der Waals surface area contributed by atoms with Gasteiger partial charge in [0.15, 0.2) is 0 Å². The molecule has 0 aliphatic carbocycles. The fourth-order valence-electron chi connectivity index (χ4n) is 2.06. The van der Waals surface area contributed by atoms with Crippen molar-refractivity contribution in [3.63, 3.8) is 0 Å². The number of amides is 1. The molecule has 2 heterocycles. The van der Waals surface area contributed by atoms with Gasteiger partial charge >= 0.3 is 0 Å². The molecule has 1 atom stereocenters. The van der Waals surface area contributed by atoms with Crippen molar-refractivity contribution in [3.05, 3.63) is 30.1 Å². The van der Waals surface area contributed by atoms with E-state index in [1.807, 2.05) is 23.1 Å². The largest absolute Gasteiger partial charge is 0.333 e. The Hall–Kier alpha value is -1.42. The van der Waals surface area contributed by atoms with Gasteiger partial charge in [0.1, 0.15) is 0 Å². The fourth-order valence-corrected chi connectivity index (χ4v) is 2.06. The summed E-state index contributed by atoms with van der Waals surface area (Å²) in [7, 11) is 0. The molecule has 1 aliphatic heterocycles. The molecule has 1 fully saturated rings. The highest BCUT2D eigenvalue weighted by atomic mass is 16.2. The number of hydrogen-bond acceptors (Lipinski definition) is 3. The van der Waals surface area contributed by atoms with Crippen molar-refractivity contribution in [2.45, 2.75) is 18.9 Å². The summed E-state index contributed by atoms with van der Waals surface area (Å²) in [5, 5.41) is 0. The van der Waals surface area contributed by atoms with Crippen molar-refractivity contribution in [1.82, 2.24) is 9.88 Å². The van der Waals surface area contributed by atoms with Crippen LogP contribution in [-0.4, -0.2) is 28.9 Å². The van der Waals surface area contributed by atoms with Crippen LogP contribution in [0.15, 0.2) is 24.4 Å². The Bertz CT molecular complexity index is 339. The SMILES string of the molecule is NCC(=O)N1CCCC1c1ccccn1. The maximum Gasteiger partial charge on any atom is 0.236 e. The first-order valence-electron chi connectivity index (χ1n) is 5.23. The molecular formula is C11H15N3O. The molecule has 15 heavy (non-hydrogen) atoms. The first-order chi connectivity index (χ1) is 7.33. The third-order valence-electron chi connectivity index (χ3n) is 2.78. The average molecular weight is 205 g/mol. The number of hydrogen-bond donors (Lipinski definition) is 1. The van der Waals surface area contributed by atoms with E-state index < -0.39 is 0 Å². The van der Waals surface area contributed by atoms with Gasteiger partial charge in [0.25, 0.3) is 0 Å². The van der Waals surface area contributed by atoms with E-state index in [1.165, 1.54) is 0 Å². The molecule has 1 aromatic rings. The summed E-state index contributed by atoms with van der Waals surface area (Å²) in [6, 6.07) is 5.92. The molecule has 2 N–H and O–H groups in total. The smallest absolute Gasteiger partial charge is 0.236 e. The number of nitrogens with zero attached hydrogens (tertiary/aromatic N) is 2. The average Bonchev–Trinajstić information content (AvgIpc) is 2.78. The maximum absolute atomic E-state index is 11.6. The fraction of sp³-hybridized carbons (Fsp3) is 0.455. The van der Waals surface area contributed by atoms with Crippen molar-refractivity contribution in [2.24, 2.45) is 5.73 Å². The molecule has 0 bridgehead atoms. The molecule has 0 radical (unpaired) electrons. The molecule has 0 spiro atoms. The number of aromatic nitrogens is 1. The van der Waals surface area contributed by atoms with E-state index in [9.17, 15) is 4.79 Å². The van der Waals surface area contributed by atoms with Gasteiger partial charge in [0.05, 0.1) is 18.3 Å². The van der Waals surface area contributed by atoms with E-state index in [-0.39, 0.29) is 18.5 Å². The van der Waals surface area contributed by atoms with Crippen LogP contribution in [0, 0.1) is 0 Å². The number of carbonyl (C=O) groups excluding carboxylic acids is 1. The molecular weight excluding hydrogens is 190 g/mol. The van der Waals surface area contributed by atoms with Gasteiger partial charge in [-0.3, -0.25) is 9.78 Å². The zero-order chi connectivity index (χ0) is 10.7. The molecule has 1 aromatic heterocycles. The summed E-state index contributed by atoms with van der Waals surface area (Å²) in [6.45, 7) is 0.889. The normalized spacial score (nSPS) is 20.6. The summed E-state index contributed by atoms with van der Waals surface area (Å²) in [5.74, 6) is 0.0168. The third-order valence-corrected chi connectivity index (χ3v) is 2.78. The predicted octanol–water partition coefficient (Wildman–Crippen LogP) is 0.704. The van der Waals surface area contributed by atoms with Gasteiger partial charge in [-0.1, -0.05) is 6.07 Å². The summed E-state index contributed by atoms with van der Waals surface area (Å²) >= 11 is 0. The quantitative estimate of drug-likeness (QED) is 0.773. The second-order valence-corrected chi connectivity index (χ2v) is 3.70. The minimum absolute atomic E-state index is 0.0168. The molecule has 0 aromatic carbocycles. The van der Waals surface area contributed by atoms with Gasteiger partial charge in [0.2, 0.25) is 5.91 Å². The lowest BCUT2D eigenvalue weighted by Gasteiger charge is -2.23. The van der Waals surface area contributed by atoms with Gasteiger partial charge < -0.3 is 10.6 Å². The predicted molar refractivity (Wildman–Crippen MR) is 57.0 cm³/mol. The van der Waals surface area contributed by atoms with Gasteiger partial charge in [-0.15, -0.1) is 0 Å². The van der Waals surface area contributed by atoms with Gasteiger partial charge in [0, 0.05) is 12.7 Å². The number of pyridine rings is 1. The highest BCUT2D eigenvalue weighted by molar-refractivity contribution is 5.78. The molecule has 1 saturated heterocycles. The van der Waals surface area contributed by atoms with Crippen LogP contribution < -0.4 is 5.73 Å². The highest BCUT2D eigenvalue weighted by Gasteiger charge is 2.29. The third kappa shape index (κ3) is 1.99. The number of rotatable bonds is 2. The van der Waals surface area contributed by atoms with Crippen molar-refractivity contribution < 1.29 is 4.79 Å². The minimum atomic E-state index is 0.0168. The minimum Gasteiger partial charge on any atom is -0.333 e. The zero-order valence-corrected chi connectivity index (χ0v) is 8.60. The molecule has 1 aliphatic rings. The van der Waals surface area contributed by atoms with Crippen LogP contribution in [0.1, 0.15) is 24.6 Å². The Balaban J connectivity index is 2.18. The van der Waals surface area contributed by atoms with Crippen molar-refractivity contribution >= 4 is 5.91 Å². The lowest BCUT2D eigenvalue weighted by atomic mass is 10.1. The van der Waals surface area contributed by atoms with Crippen LogP contribution in [0.4, 0.5) is 0 Å². The summed E-state index contributed by atoms with van der Waals surface area (Å²) in [5.41, 5.74) is 6.35. The van der Waals surface area contributed by atoms with Crippen molar-refractivity contribution in [3.8, 4) is 0 Å². The lowest BCUT2D eigenvalue weighted by Crippen LogP contribution is -2.35. The first kappa shape index (κ1) is 10.1. The van der Waals surface area contributed by atoms with Gasteiger partial charge in [-0.25, -0.2) is 0 Å². The Morgan fingerprint density at radius 3 is 3.13 bits per heavy atom. The van der Waals surface area contributed by atoms with Crippen LogP contribution in [0.3, 0.4) is 0 Å². The van der Waals surface area contributed by atoms with Crippen LogP contribution >= 0.6 is 0 Å².